The lowest BCUT2D eigenvalue weighted by Crippen LogP contribution is -2.51. The molecule has 0 saturated heterocycles. The molecule has 1 atom stereocenters. The van der Waals surface area contributed by atoms with Gasteiger partial charge in [-0.2, -0.15) is 13.2 Å². The van der Waals surface area contributed by atoms with Gasteiger partial charge in [0.25, 0.3) is 0 Å². The average molecular weight is 207 g/mol. The molecular weight excluding hydrogens is 195 g/mol. The van der Waals surface area contributed by atoms with Crippen molar-refractivity contribution in [3.05, 3.63) is 24.2 Å². The van der Waals surface area contributed by atoms with Crippen LogP contribution in [-0.2, 0) is 5.54 Å². The molecule has 1 rings (SSSR count). The fourth-order valence-corrected chi connectivity index (χ4v) is 1.48. The highest BCUT2D eigenvalue weighted by Gasteiger charge is 2.55. The summed E-state index contributed by atoms with van der Waals surface area (Å²) in [5, 5.41) is 2.29. The van der Waals surface area contributed by atoms with Crippen molar-refractivity contribution in [2.45, 2.75) is 25.1 Å². The van der Waals surface area contributed by atoms with Gasteiger partial charge < -0.3 is 9.73 Å². The molecule has 5 heteroatoms. The highest BCUT2D eigenvalue weighted by Crippen LogP contribution is 2.41. The van der Waals surface area contributed by atoms with E-state index in [2.05, 4.69) is 5.32 Å². The molecule has 0 spiro atoms. The Labute approximate surface area is 80.1 Å². The van der Waals surface area contributed by atoms with Crippen LogP contribution in [-0.4, -0.2) is 13.2 Å². The van der Waals surface area contributed by atoms with Crippen molar-refractivity contribution >= 4 is 0 Å². The van der Waals surface area contributed by atoms with Crippen LogP contribution in [0.1, 0.15) is 19.1 Å². The van der Waals surface area contributed by atoms with Crippen LogP contribution in [0.25, 0.3) is 0 Å². The molecule has 0 bridgehead atoms. The van der Waals surface area contributed by atoms with Crippen molar-refractivity contribution in [1.29, 1.82) is 0 Å². The van der Waals surface area contributed by atoms with E-state index in [9.17, 15) is 13.2 Å². The van der Waals surface area contributed by atoms with Crippen molar-refractivity contribution in [2.24, 2.45) is 0 Å². The van der Waals surface area contributed by atoms with E-state index in [-0.39, 0.29) is 12.2 Å². The zero-order valence-corrected chi connectivity index (χ0v) is 7.98. The topological polar surface area (TPSA) is 25.2 Å². The van der Waals surface area contributed by atoms with E-state index in [0.29, 0.717) is 0 Å². The molecule has 0 aliphatic rings. The van der Waals surface area contributed by atoms with Crippen LogP contribution < -0.4 is 5.32 Å². The van der Waals surface area contributed by atoms with Crippen LogP contribution >= 0.6 is 0 Å². The summed E-state index contributed by atoms with van der Waals surface area (Å²) in [5.41, 5.74) is -2.07. The molecule has 0 amide bonds. The molecule has 0 saturated carbocycles. The Bertz CT molecular complexity index is 275. The lowest BCUT2D eigenvalue weighted by atomic mass is 9.92. The molecule has 0 aromatic carbocycles. The van der Waals surface area contributed by atoms with E-state index in [1.807, 2.05) is 0 Å². The summed E-state index contributed by atoms with van der Waals surface area (Å²) in [6.07, 6.45) is -3.24. The number of rotatable bonds is 3. The fourth-order valence-electron chi connectivity index (χ4n) is 1.48. The van der Waals surface area contributed by atoms with E-state index in [1.54, 1.807) is 0 Å². The molecule has 0 aliphatic carbocycles. The predicted octanol–water partition coefficient (Wildman–Crippen LogP) is 2.67. The standard InChI is InChI=1S/C9H12F3NO/c1-3-8(13-2,9(10,11)12)7-5-4-6-14-7/h4-6,13H,3H2,1-2H3. The smallest absolute Gasteiger partial charge is 0.413 e. The molecule has 0 fully saturated rings. The van der Waals surface area contributed by atoms with Crippen molar-refractivity contribution in [3.8, 4) is 0 Å². The number of halogens is 3. The molecule has 1 unspecified atom stereocenters. The summed E-state index contributed by atoms with van der Waals surface area (Å²) in [4.78, 5) is 0. The average Bonchev–Trinajstić information content (AvgIpc) is 2.58. The van der Waals surface area contributed by atoms with Gasteiger partial charge in [-0.3, -0.25) is 0 Å². The van der Waals surface area contributed by atoms with Gasteiger partial charge in [0.05, 0.1) is 6.26 Å². The number of alkyl halides is 3. The summed E-state index contributed by atoms with van der Waals surface area (Å²) < 4.78 is 43.3. The van der Waals surface area contributed by atoms with Gasteiger partial charge in [0.1, 0.15) is 5.76 Å². The van der Waals surface area contributed by atoms with Gasteiger partial charge in [-0.05, 0) is 25.6 Å². The highest BCUT2D eigenvalue weighted by molar-refractivity contribution is 5.15. The van der Waals surface area contributed by atoms with Crippen molar-refractivity contribution in [1.82, 2.24) is 5.32 Å². The number of hydrogen-bond acceptors (Lipinski definition) is 2. The highest BCUT2D eigenvalue weighted by atomic mass is 19.4. The summed E-state index contributed by atoms with van der Waals surface area (Å²) in [6.45, 7) is 1.46. The van der Waals surface area contributed by atoms with Crippen LogP contribution in [0.5, 0.6) is 0 Å². The van der Waals surface area contributed by atoms with Gasteiger partial charge >= 0.3 is 6.18 Å². The van der Waals surface area contributed by atoms with E-state index >= 15 is 0 Å². The van der Waals surface area contributed by atoms with Crippen LogP contribution in [0.3, 0.4) is 0 Å². The molecule has 0 radical (unpaired) electrons. The summed E-state index contributed by atoms with van der Waals surface area (Å²) >= 11 is 0. The monoisotopic (exact) mass is 207 g/mol. The second-order valence-electron chi connectivity index (χ2n) is 2.98. The van der Waals surface area contributed by atoms with Gasteiger partial charge in [-0.1, -0.05) is 6.92 Å². The van der Waals surface area contributed by atoms with E-state index in [4.69, 9.17) is 4.42 Å². The van der Waals surface area contributed by atoms with Crippen molar-refractivity contribution < 1.29 is 17.6 Å². The lowest BCUT2D eigenvalue weighted by molar-refractivity contribution is -0.205. The number of furan rings is 1. The number of hydrogen-bond donors (Lipinski definition) is 1. The second kappa shape index (κ2) is 3.65. The van der Waals surface area contributed by atoms with E-state index < -0.39 is 11.7 Å². The Kier molecular flexibility index (Phi) is 2.89. The van der Waals surface area contributed by atoms with Crippen LogP contribution in [0.4, 0.5) is 13.2 Å². The summed E-state index contributed by atoms with van der Waals surface area (Å²) in [7, 11) is 1.28. The molecule has 80 valence electrons. The molecule has 1 aromatic rings. The Morgan fingerprint density at radius 1 is 1.43 bits per heavy atom. The van der Waals surface area contributed by atoms with Gasteiger partial charge in [-0.25, -0.2) is 0 Å². The summed E-state index contributed by atoms with van der Waals surface area (Å²) in [6, 6.07) is 2.77. The Hall–Kier alpha value is -0.970. The largest absolute Gasteiger partial charge is 0.467 e. The Balaban J connectivity index is 3.17. The molecule has 1 N–H and O–H groups in total. The van der Waals surface area contributed by atoms with Crippen molar-refractivity contribution in [3.63, 3.8) is 0 Å². The quantitative estimate of drug-likeness (QED) is 0.824. The van der Waals surface area contributed by atoms with Crippen LogP contribution in [0.15, 0.2) is 22.8 Å². The predicted molar refractivity (Wildman–Crippen MR) is 45.8 cm³/mol. The van der Waals surface area contributed by atoms with Crippen LogP contribution in [0, 0.1) is 0 Å². The first-order valence-corrected chi connectivity index (χ1v) is 4.27. The zero-order chi connectivity index (χ0) is 10.8. The third kappa shape index (κ3) is 1.52. The first-order valence-electron chi connectivity index (χ1n) is 4.27. The SMILES string of the molecule is CCC(NC)(c1ccco1)C(F)(F)F. The molecule has 14 heavy (non-hydrogen) atoms. The van der Waals surface area contributed by atoms with E-state index in [1.165, 1.54) is 32.4 Å². The maximum absolute atomic E-state index is 12.8. The normalized spacial score (nSPS) is 16.6. The molecular formula is C9H12F3NO. The Morgan fingerprint density at radius 3 is 2.36 bits per heavy atom. The molecule has 0 aliphatic heterocycles. The zero-order valence-electron chi connectivity index (χ0n) is 7.98. The van der Waals surface area contributed by atoms with E-state index in [0.717, 1.165) is 0 Å². The fraction of sp³-hybridized carbons (Fsp3) is 0.556. The lowest BCUT2D eigenvalue weighted by Gasteiger charge is -2.32. The minimum Gasteiger partial charge on any atom is -0.467 e. The maximum Gasteiger partial charge on any atom is 0.413 e. The summed E-state index contributed by atoms with van der Waals surface area (Å²) in [5.74, 6) is -0.102. The minimum absolute atomic E-state index is 0.102. The van der Waals surface area contributed by atoms with Gasteiger partial charge in [0.15, 0.2) is 5.54 Å². The molecule has 1 heterocycles. The Morgan fingerprint density at radius 2 is 2.07 bits per heavy atom. The maximum atomic E-state index is 12.8. The van der Waals surface area contributed by atoms with Crippen LogP contribution in [0.2, 0.25) is 0 Å². The first-order chi connectivity index (χ1) is 6.48. The third-order valence-corrected chi connectivity index (χ3v) is 2.38. The number of nitrogens with one attached hydrogen (secondary N) is 1. The van der Waals surface area contributed by atoms with Crippen molar-refractivity contribution in [2.75, 3.05) is 7.05 Å². The minimum atomic E-state index is -4.37. The first kappa shape index (κ1) is 11.1. The third-order valence-electron chi connectivity index (χ3n) is 2.38. The van der Waals surface area contributed by atoms with Gasteiger partial charge in [-0.15, -0.1) is 0 Å². The second-order valence-corrected chi connectivity index (χ2v) is 2.98. The molecule has 1 aromatic heterocycles. The van der Waals surface area contributed by atoms with Gasteiger partial charge in [0.2, 0.25) is 0 Å². The van der Waals surface area contributed by atoms with Gasteiger partial charge in [0, 0.05) is 0 Å². The molecule has 2 nitrogen and oxygen atoms in total.